The third kappa shape index (κ3) is 3.34. The Bertz CT molecular complexity index is 962. The molecule has 1 unspecified atom stereocenters. The van der Waals surface area contributed by atoms with Gasteiger partial charge in [0.05, 0.1) is 5.02 Å². The lowest BCUT2D eigenvalue weighted by atomic mass is 9.91. The molecule has 0 saturated heterocycles. The van der Waals surface area contributed by atoms with Crippen molar-refractivity contribution >= 4 is 38.9 Å². The summed E-state index contributed by atoms with van der Waals surface area (Å²) >= 11 is 5.89. The predicted molar refractivity (Wildman–Crippen MR) is 95.1 cm³/mol. The van der Waals surface area contributed by atoms with Crippen molar-refractivity contribution in [3.63, 3.8) is 0 Å². The zero-order valence-electron chi connectivity index (χ0n) is 13.6. The molecule has 3 rings (SSSR count). The molecule has 2 aromatic rings. The maximum atomic E-state index is 13.4. The number of rotatable bonds is 3. The van der Waals surface area contributed by atoms with Gasteiger partial charge in [0.2, 0.25) is 5.91 Å². The van der Waals surface area contributed by atoms with Gasteiger partial charge in [-0.15, -0.1) is 0 Å². The van der Waals surface area contributed by atoms with E-state index in [0.29, 0.717) is 12.1 Å². The molecule has 0 bridgehead atoms. The number of halogens is 2. The Balaban J connectivity index is 1.97. The van der Waals surface area contributed by atoms with Gasteiger partial charge >= 0.3 is 0 Å². The summed E-state index contributed by atoms with van der Waals surface area (Å²) in [4.78, 5) is 13.1. The van der Waals surface area contributed by atoms with Crippen LogP contribution in [0.5, 0.6) is 0 Å². The highest BCUT2D eigenvalue weighted by Crippen LogP contribution is 2.37. The van der Waals surface area contributed by atoms with E-state index >= 15 is 0 Å². The zero-order chi connectivity index (χ0) is 18.4. The van der Waals surface area contributed by atoms with Gasteiger partial charge in [-0.1, -0.05) is 18.5 Å². The number of sulfonamides is 1. The van der Waals surface area contributed by atoms with Gasteiger partial charge in [0, 0.05) is 24.8 Å². The van der Waals surface area contributed by atoms with Gasteiger partial charge < -0.3 is 4.90 Å². The highest BCUT2D eigenvalue weighted by atomic mass is 35.5. The van der Waals surface area contributed by atoms with Crippen molar-refractivity contribution in [2.45, 2.75) is 24.2 Å². The van der Waals surface area contributed by atoms with Gasteiger partial charge in [-0.25, -0.2) is 12.8 Å². The smallest absolute Gasteiger partial charge is 0.263 e. The molecule has 1 amide bonds. The fourth-order valence-electron chi connectivity index (χ4n) is 2.85. The van der Waals surface area contributed by atoms with Crippen LogP contribution in [0.25, 0.3) is 0 Å². The summed E-state index contributed by atoms with van der Waals surface area (Å²) < 4.78 is 40.8. The van der Waals surface area contributed by atoms with Gasteiger partial charge in [0.1, 0.15) is 10.7 Å². The van der Waals surface area contributed by atoms with E-state index in [2.05, 4.69) is 4.72 Å². The second kappa shape index (κ2) is 6.31. The van der Waals surface area contributed by atoms with Crippen LogP contribution < -0.4 is 9.62 Å². The molecule has 0 saturated carbocycles. The number of fused-ring (bicyclic) bond motifs is 1. The molecule has 132 valence electrons. The number of carbonyl (C=O) groups is 1. The predicted octanol–water partition coefficient (Wildman–Crippen LogP) is 3.75. The summed E-state index contributed by atoms with van der Waals surface area (Å²) in [5, 5.41) is -0.0643. The van der Waals surface area contributed by atoms with E-state index in [0.717, 1.165) is 23.4 Å². The van der Waals surface area contributed by atoms with E-state index in [9.17, 15) is 17.6 Å². The number of nitrogens with zero attached hydrogens (tertiary/aromatic N) is 1. The molecule has 5 nitrogen and oxygen atoms in total. The molecule has 25 heavy (non-hydrogen) atoms. The molecule has 1 aliphatic rings. The molecule has 0 fully saturated rings. The van der Waals surface area contributed by atoms with Crippen molar-refractivity contribution in [1.82, 2.24) is 0 Å². The second-order valence-corrected chi connectivity index (χ2v) is 8.07. The number of hydrogen-bond donors (Lipinski definition) is 1. The normalized spacial score (nSPS) is 17.4. The van der Waals surface area contributed by atoms with Crippen LogP contribution in [0.1, 0.15) is 24.8 Å². The fraction of sp³-hybridized carbons (Fsp3) is 0.235. The van der Waals surface area contributed by atoms with Crippen molar-refractivity contribution in [2.75, 3.05) is 16.7 Å². The van der Waals surface area contributed by atoms with Crippen LogP contribution in [0.15, 0.2) is 41.3 Å². The van der Waals surface area contributed by atoms with Crippen LogP contribution in [-0.4, -0.2) is 21.4 Å². The first kappa shape index (κ1) is 17.7. The number of benzene rings is 2. The van der Waals surface area contributed by atoms with E-state index < -0.39 is 15.8 Å². The SMILES string of the molecule is CC1CC(=O)N(C)c2ccc(NS(=O)(=O)c3cc(F)ccc3Cl)cc21. The number of anilines is 2. The zero-order valence-corrected chi connectivity index (χ0v) is 15.2. The summed E-state index contributed by atoms with van der Waals surface area (Å²) in [6.07, 6.45) is 0.357. The van der Waals surface area contributed by atoms with Crippen molar-refractivity contribution in [3.8, 4) is 0 Å². The maximum Gasteiger partial charge on any atom is 0.263 e. The molecule has 1 aliphatic heterocycles. The Morgan fingerprint density at radius 2 is 1.96 bits per heavy atom. The lowest BCUT2D eigenvalue weighted by molar-refractivity contribution is -0.119. The minimum atomic E-state index is -4.04. The molecule has 0 aromatic heterocycles. The monoisotopic (exact) mass is 382 g/mol. The Kier molecular flexibility index (Phi) is 4.47. The molecular weight excluding hydrogens is 367 g/mol. The highest BCUT2D eigenvalue weighted by molar-refractivity contribution is 7.92. The summed E-state index contributed by atoms with van der Waals surface area (Å²) in [5.41, 5.74) is 1.94. The molecule has 0 radical (unpaired) electrons. The molecule has 1 heterocycles. The lowest BCUT2D eigenvalue weighted by Gasteiger charge is -2.30. The van der Waals surface area contributed by atoms with Crippen LogP contribution in [0, 0.1) is 5.82 Å². The summed E-state index contributed by atoms with van der Waals surface area (Å²) in [7, 11) is -2.35. The van der Waals surface area contributed by atoms with Crippen LogP contribution in [0.3, 0.4) is 0 Å². The highest BCUT2D eigenvalue weighted by Gasteiger charge is 2.27. The second-order valence-electron chi connectivity index (χ2n) is 6.01. The fourth-order valence-corrected chi connectivity index (χ4v) is 4.42. The first-order valence-corrected chi connectivity index (χ1v) is 9.43. The minimum Gasteiger partial charge on any atom is -0.315 e. The molecular formula is C17H16ClFN2O3S. The molecule has 1 N–H and O–H groups in total. The quantitative estimate of drug-likeness (QED) is 0.879. The summed E-state index contributed by atoms with van der Waals surface area (Å²) in [6.45, 7) is 1.91. The van der Waals surface area contributed by atoms with E-state index in [4.69, 9.17) is 11.6 Å². The first-order chi connectivity index (χ1) is 11.7. The van der Waals surface area contributed by atoms with Crippen molar-refractivity contribution in [2.24, 2.45) is 0 Å². The third-order valence-electron chi connectivity index (χ3n) is 4.21. The number of nitrogens with one attached hydrogen (secondary N) is 1. The lowest BCUT2D eigenvalue weighted by Crippen LogP contribution is -2.32. The Morgan fingerprint density at radius 1 is 1.24 bits per heavy atom. The average molecular weight is 383 g/mol. The number of amides is 1. The van der Waals surface area contributed by atoms with E-state index in [1.807, 2.05) is 6.92 Å². The van der Waals surface area contributed by atoms with Gasteiger partial charge in [-0.2, -0.15) is 0 Å². The number of hydrogen-bond acceptors (Lipinski definition) is 3. The first-order valence-electron chi connectivity index (χ1n) is 7.57. The van der Waals surface area contributed by atoms with Crippen LogP contribution >= 0.6 is 11.6 Å². The maximum absolute atomic E-state index is 13.4. The van der Waals surface area contributed by atoms with E-state index in [1.165, 1.54) is 6.07 Å². The van der Waals surface area contributed by atoms with Crippen molar-refractivity contribution < 1.29 is 17.6 Å². The molecule has 0 spiro atoms. The van der Waals surface area contributed by atoms with Gasteiger partial charge in [0.15, 0.2) is 0 Å². The number of carbonyl (C=O) groups excluding carboxylic acids is 1. The van der Waals surface area contributed by atoms with Gasteiger partial charge in [-0.3, -0.25) is 9.52 Å². The molecule has 8 heteroatoms. The molecule has 1 atom stereocenters. The molecule has 0 aliphatic carbocycles. The Hall–Kier alpha value is -2.12. The van der Waals surface area contributed by atoms with Crippen LogP contribution in [-0.2, 0) is 14.8 Å². The third-order valence-corrected chi connectivity index (χ3v) is 6.07. The van der Waals surface area contributed by atoms with E-state index in [-0.39, 0.29) is 21.7 Å². The average Bonchev–Trinajstić information content (AvgIpc) is 2.54. The molecule has 2 aromatic carbocycles. The van der Waals surface area contributed by atoms with E-state index in [1.54, 1.807) is 30.1 Å². The topological polar surface area (TPSA) is 66.5 Å². The Morgan fingerprint density at radius 3 is 2.68 bits per heavy atom. The van der Waals surface area contributed by atoms with Crippen molar-refractivity contribution in [1.29, 1.82) is 0 Å². The minimum absolute atomic E-state index is 0.0138. The van der Waals surface area contributed by atoms with Crippen LogP contribution in [0.4, 0.5) is 15.8 Å². The Labute approximate surface area is 150 Å². The van der Waals surface area contributed by atoms with Gasteiger partial charge in [-0.05, 0) is 47.9 Å². The van der Waals surface area contributed by atoms with Gasteiger partial charge in [0.25, 0.3) is 10.0 Å². The largest absolute Gasteiger partial charge is 0.315 e. The van der Waals surface area contributed by atoms with Crippen LogP contribution in [0.2, 0.25) is 5.02 Å². The summed E-state index contributed by atoms with van der Waals surface area (Å²) in [5.74, 6) is -0.704. The van der Waals surface area contributed by atoms with Crippen molar-refractivity contribution in [3.05, 3.63) is 52.8 Å². The summed E-state index contributed by atoms with van der Waals surface area (Å²) in [6, 6.07) is 8.10. The standard InChI is InChI=1S/C17H16ClFN2O3S/c1-10-7-17(22)21(2)15-6-4-12(9-13(10)15)20-25(23,24)16-8-11(19)3-5-14(16)18/h3-6,8-10,20H,7H2,1-2H3.